The van der Waals surface area contributed by atoms with Gasteiger partial charge in [-0.15, -0.1) is 0 Å². The molecule has 0 radical (unpaired) electrons. The van der Waals surface area contributed by atoms with Crippen LogP contribution in [0.5, 0.6) is 0 Å². The first kappa shape index (κ1) is 14.1. The predicted octanol–water partition coefficient (Wildman–Crippen LogP) is 2.61. The van der Waals surface area contributed by atoms with Crippen molar-refractivity contribution in [2.45, 2.75) is 46.3 Å². The molecule has 0 fully saturated rings. The van der Waals surface area contributed by atoms with Gasteiger partial charge in [0.05, 0.1) is 17.6 Å². The second-order valence-corrected chi connectivity index (χ2v) is 5.85. The number of carbonyl (C=O) groups excluding carboxylic acids is 1. The van der Waals surface area contributed by atoms with Gasteiger partial charge in [-0.2, -0.15) is 0 Å². The predicted molar refractivity (Wildman–Crippen MR) is 84.2 cm³/mol. The summed E-state index contributed by atoms with van der Waals surface area (Å²) in [6.07, 6.45) is 0.487. The molecule has 5 heteroatoms. The van der Waals surface area contributed by atoms with E-state index in [0.717, 1.165) is 42.2 Å². The van der Waals surface area contributed by atoms with Crippen LogP contribution in [-0.2, 0) is 17.9 Å². The molecule has 1 N–H and O–H groups in total. The van der Waals surface area contributed by atoms with E-state index < -0.39 is 0 Å². The smallest absolute Gasteiger partial charge is 0.224 e. The van der Waals surface area contributed by atoms with Gasteiger partial charge in [0.15, 0.2) is 0 Å². The first-order chi connectivity index (χ1) is 10.1. The van der Waals surface area contributed by atoms with Crippen LogP contribution in [0.15, 0.2) is 18.2 Å². The van der Waals surface area contributed by atoms with Gasteiger partial charge < -0.3 is 9.88 Å². The van der Waals surface area contributed by atoms with E-state index in [1.165, 1.54) is 0 Å². The number of aromatic nitrogens is 2. The zero-order valence-electron chi connectivity index (χ0n) is 12.9. The summed E-state index contributed by atoms with van der Waals surface area (Å²) >= 11 is 0. The third kappa shape index (κ3) is 2.65. The zero-order chi connectivity index (χ0) is 15.0. The molecule has 1 aromatic heterocycles. The van der Waals surface area contributed by atoms with Crippen LogP contribution in [0.4, 0.5) is 5.69 Å². The fourth-order valence-corrected chi connectivity index (χ4v) is 2.81. The lowest BCUT2D eigenvalue weighted by atomic mass is 10.2. The van der Waals surface area contributed by atoms with Gasteiger partial charge in [0.2, 0.25) is 5.91 Å². The summed E-state index contributed by atoms with van der Waals surface area (Å²) in [7, 11) is 0. The molecule has 3 rings (SSSR count). The summed E-state index contributed by atoms with van der Waals surface area (Å²) in [5, 5.41) is 2.89. The minimum Gasteiger partial charge on any atom is -0.326 e. The number of rotatable bonds is 3. The Balaban J connectivity index is 1.92. The van der Waals surface area contributed by atoms with Crippen LogP contribution in [0.1, 0.15) is 33.0 Å². The minimum atomic E-state index is 0.0318. The van der Waals surface area contributed by atoms with Crippen molar-refractivity contribution in [3.63, 3.8) is 0 Å². The van der Waals surface area contributed by atoms with Gasteiger partial charge in [0.1, 0.15) is 5.82 Å². The maximum Gasteiger partial charge on any atom is 0.224 e. The third-order valence-electron chi connectivity index (χ3n) is 4.12. The Morgan fingerprint density at radius 2 is 2.19 bits per heavy atom. The fourth-order valence-electron chi connectivity index (χ4n) is 2.81. The van der Waals surface area contributed by atoms with E-state index >= 15 is 0 Å². The summed E-state index contributed by atoms with van der Waals surface area (Å²) in [4.78, 5) is 18.7. The topological polar surface area (TPSA) is 50.2 Å². The molecule has 1 aliphatic heterocycles. The molecule has 112 valence electrons. The number of hydrogen-bond acceptors (Lipinski definition) is 3. The largest absolute Gasteiger partial charge is 0.326 e. The number of imidazole rings is 1. The van der Waals surface area contributed by atoms with Gasteiger partial charge in [-0.25, -0.2) is 4.98 Å². The molecule has 5 nitrogen and oxygen atoms in total. The molecule has 0 aliphatic carbocycles. The normalized spacial score (nSPS) is 15.4. The number of nitrogens with zero attached hydrogens (tertiary/aromatic N) is 3. The lowest BCUT2D eigenvalue weighted by Crippen LogP contribution is -2.38. The van der Waals surface area contributed by atoms with Crippen molar-refractivity contribution in [1.29, 1.82) is 0 Å². The molecule has 2 heterocycles. The molecule has 1 aliphatic rings. The molecular weight excluding hydrogens is 264 g/mol. The van der Waals surface area contributed by atoms with E-state index in [4.69, 9.17) is 4.98 Å². The molecule has 1 aromatic carbocycles. The van der Waals surface area contributed by atoms with Crippen molar-refractivity contribution in [3.05, 3.63) is 24.0 Å². The Hall–Kier alpha value is -1.88. The number of carbonyl (C=O) groups is 1. The zero-order valence-corrected chi connectivity index (χ0v) is 12.9. The Kier molecular flexibility index (Phi) is 3.68. The van der Waals surface area contributed by atoms with Crippen molar-refractivity contribution in [2.75, 3.05) is 11.9 Å². The molecule has 21 heavy (non-hydrogen) atoms. The molecule has 0 saturated heterocycles. The molecule has 0 atom stereocenters. The lowest BCUT2D eigenvalue weighted by Gasteiger charge is -2.30. The number of fused-ring (bicyclic) bond motifs is 3. The lowest BCUT2D eigenvalue weighted by molar-refractivity contribution is -0.115. The maximum atomic E-state index is 11.5. The number of amides is 1. The number of hydrogen-bond donors (Lipinski definition) is 1. The van der Waals surface area contributed by atoms with Crippen LogP contribution in [0, 0.1) is 0 Å². The van der Waals surface area contributed by atoms with Crippen LogP contribution in [0.3, 0.4) is 0 Å². The summed E-state index contributed by atoms with van der Waals surface area (Å²) in [5.74, 6) is 1.15. The monoisotopic (exact) mass is 286 g/mol. The van der Waals surface area contributed by atoms with Crippen molar-refractivity contribution < 1.29 is 4.79 Å². The van der Waals surface area contributed by atoms with Crippen molar-refractivity contribution in [3.8, 4) is 0 Å². The molecule has 0 bridgehead atoms. The number of anilines is 1. The third-order valence-corrected chi connectivity index (χ3v) is 4.12. The average Bonchev–Trinajstić information content (AvgIpc) is 2.83. The summed E-state index contributed by atoms with van der Waals surface area (Å²) in [5.41, 5.74) is 2.94. The van der Waals surface area contributed by atoms with E-state index in [0.29, 0.717) is 12.5 Å². The van der Waals surface area contributed by atoms with E-state index in [1.54, 1.807) is 0 Å². The van der Waals surface area contributed by atoms with Crippen LogP contribution in [0.25, 0.3) is 11.0 Å². The van der Waals surface area contributed by atoms with Gasteiger partial charge in [-0.1, -0.05) is 6.92 Å². The average molecular weight is 286 g/mol. The number of benzene rings is 1. The summed E-state index contributed by atoms with van der Waals surface area (Å²) < 4.78 is 2.29. The number of nitrogens with one attached hydrogen (secondary N) is 1. The van der Waals surface area contributed by atoms with Crippen molar-refractivity contribution in [1.82, 2.24) is 14.5 Å². The van der Waals surface area contributed by atoms with Crippen LogP contribution in [-0.4, -0.2) is 32.9 Å². The molecule has 1 amide bonds. The minimum absolute atomic E-state index is 0.0318. The SMILES string of the molecule is CCC(=O)Nc1ccc2c(c1)nc1n2CCN(C(C)C)C1. The van der Waals surface area contributed by atoms with Gasteiger partial charge in [0, 0.05) is 31.2 Å². The van der Waals surface area contributed by atoms with E-state index in [-0.39, 0.29) is 5.91 Å². The molecule has 0 spiro atoms. The second-order valence-electron chi connectivity index (χ2n) is 5.85. The molecule has 0 unspecified atom stereocenters. The van der Waals surface area contributed by atoms with Crippen molar-refractivity contribution >= 4 is 22.6 Å². The quantitative estimate of drug-likeness (QED) is 0.943. The highest BCUT2D eigenvalue weighted by Crippen LogP contribution is 2.24. The van der Waals surface area contributed by atoms with Crippen molar-refractivity contribution in [2.24, 2.45) is 0 Å². The van der Waals surface area contributed by atoms with E-state index in [2.05, 4.69) is 34.7 Å². The highest BCUT2D eigenvalue weighted by molar-refractivity contribution is 5.92. The second kappa shape index (κ2) is 5.48. The van der Waals surface area contributed by atoms with Crippen LogP contribution < -0.4 is 5.32 Å². The molecular formula is C16H22N4O. The van der Waals surface area contributed by atoms with Gasteiger partial charge in [-0.05, 0) is 32.0 Å². The van der Waals surface area contributed by atoms with Crippen LogP contribution in [0.2, 0.25) is 0 Å². The Labute approximate surface area is 125 Å². The van der Waals surface area contributed by atoms with Gasteiger partial charge in [0.25, 0.3) is 0 Å². The fraction of sp³-hybridized carbons (Fsp3) is 0.500. The highest BCUT2D eigenvalue weighted by atomic mass is 16.1. The van der Waals surface area contributed by atoms with E-state index in [9.17, 15) is 4.79 Å². The maximum absolute atomic E-state index is 11.5. The summed E-state index contributed by atoms with van der Waals surface area (Å²) in [6.45, 7) is 9.22. The first-order valence-corrected chi connectivity index (χ1v) is 7.61. The van der Waals surface area contributed by atoms with Gasteiger partial charge >= 0.3 is 0 Å². The first-order valence-electron chi connectivity index (χ1n) is 7.61. The Morgan fingerprint density at radius 1 is 1.38 bits per heavy atom. The standard InChI is InChI=1S/C16H22N4O/c1-4-16(21)17-12-5-6-14-13(9-12)18-15-10-19(11(2)3)7-8-20(14)15/h5-6,9,11H,4,7-8,10H2,1-3H3,(H,17,21). The molecule has 0 saturated carbocycles. The van der Waals surface area contributed by atoms with Gasteiger partial charge in [-0.3, -0.25) is 9.69 Å². The summed E-state index contributed by atoms with van der Waals surface area (Å²) in [6, 6.07) is 6.52. The highest BCUT2D eigenvalue weighted by Gasteiger charge is 2.21. The Morgan fingerprint density at radius 3 is 2.90 bits per heavy atom. The van der Waals surface area contributed by atoms with Crippen LogP contribution >= 0.6 is 0 Å². The molecule has 2 aromatic rings. The van der Waals surface area contributed by atoms with E-state index in [1.807, 2.05) is 19.1 Å². The Bertz CT molecular complexity index is 674.